The minimum absolute atomic E-state index is 0.0543. The fourth-order valence-electron chi connectivity index (χ4n) is 4.75. The monoisotopic (exact) mass is 460 g/mol. The van der Waals surface area contributed by atoms with Gasteiger partial charge in [-0.15, -0.1) is 0 Å². The summed E-state index contributed by atoms with van der Waals surface area (Å²) < 4.78 is 0. The van der Waals surface area contributed by atoms with Gasteiger partial charge in [0, 0.05) is 31.2 Å². The number of hydrogen-bond donors (Lipinski definition) is 1. The molecule has 0 amide bonds. The van der Waals surface area contributed by atoms with E-state index >= 15 is 0 Å². The molecule has 0 fully saturated rings. The van der Waals surface area contributed by atoms with Gasteiger partial charge in [-0.1, -0.05) is 121 Å². The maximum atomic E-state index is 6.24. The van der Waals surface area contributed by atoms with Crippen LogP contribution in [0.15, 0.2) is 133 Å². The van der Waals surface area contributed by atoms with E-state index in [2.05, 4.69) is 138 Å². The van der Waals surface area contributed by atoms with E-state index in [1.165, 1.54) is 22.3 Å². The van der Waals surface area contributed by atoms with Crippen LogP contribution in [0, 0.1) is 0 Å². The number of rotatable bonds is 10. The van der Waals surface area contributed by atoms with Gasteiger partial charge in [-0.2, -0.15) is 0 Å². The molecule has 0 unspecified atom stereocenters. The maximum Gasteiger partial charge on any atom is 0.121 e. The number of allylic oxidation sites excluding steroid dienone is 1. The highest BCUT2D eigenvalue weighted by atomic mass is 16.7. The molecule has 35 heavy (non-hydrogen) atoms. The zero-order chi connectivity index (χ0) is 23.7. The van der Waals surface area contributed by atoms with Crippen LogP contribution in [0.25, 0.3) is 0 Å². The van der Waals surface area contributed by atoms with Crippen molar-refractivity contribution >= 4 is 0 Å². The van der Waals surface area contributed by atoms with E-state index in [0.717, 1.165) is 31.6 Å². The van der Waals surface area contributed by atoms with Crippen molar-refractivity contribution in [1.82, 2.24) is 10.4 Å². The predicted molar refractivity (Wildman–Crippen MR) is 142 cm³/mol. The van der Waals surface area contributed by atoms with Crippen LogP contribution in [0.4, 0.5) is 0 Å². The van der Waals surface area contributed by atoms with Gasteiger partial charge in [-0.3, -0.25) is 15.2 Å². The maximum absolute atomic E-state index is 6.24. The molecule has 5 rings (SSSR count). The Kier molecular flexibility index (Phi) is 7.69. The highest BCUT2D eigenvalue weighted by molar-refractivity contribution is 5.25. The summed E-state index contributed by atoms with van der Waals surface area (Å²) in [5.41, 5.74) is 9.57. The minimum Gasteiger partial charge on any atom is -0.289 e. The molecule has 4 aromatic carbocycles. The summed E-state index contributed by atoms with van der Waals surface area (Å²) in [7, 11) is 0. The third-order valence-corrected chi connectivity index (χ3v) is 6.52. The van der Waals surface area contributed by atoms with E-state index in [-0.39, 0.29) is 12.1 Å². The molecule has 4 aromatic rings. The summed E-state index contributed by atoms with van der Waals surface area (Å²) in [6.07, 6.45) is 3.97. The molecule has 1 heterocycles. The van der Waals surface area contributed by atoms with Gasteiger partial charge in [0.2, 0.25) is 0 Å². The van der Waals surface area contributed by atoms with Gasteiger partial charge in [0.15, 0.2) is 0 Å². The lowest BCUT2D eigenvalue weighted by Gasteiger charge is -2.34. The standard InChI is InChI=1S/C32H32N2O/c1-5-13-26(14-6-1)21-30-23-32(35-33-30)31(22-27-15-7-2-8-16-27)34(24-28-17-9-3-10-18-28)25-29-19-11-4-12-20-29/h1-20,23,31-33H,21-22,24-25H2/t31-,32-/m0/s1. The summed E-state index contributed by atoms with van der Waals surface area (Å²) in [6, 6.07) is 42.9. The zero-order valence-corrected chi connectivity index (χ0v) is 20.0. The molecule has 1 aliphatic rings. The Labute approximate surface area is 208 Å². The number of nitrogens with zero attached hydrogens (tertiary/aromatic N) is 1. The van der Waals surface area contributed by atoms with Crippen LogP contribution in [-0.4, -0.2) is 17.0 Å². The molecular formula is C32H32N2O. The smallest absolute Gasteiger partial charge is 0.121 e. The molecule has 0 spiro atoms. The van der Waals surface area contributed by atoms with Crippen molar-refractivity contribution in [3.05, 3.63) is 155 Å². The molecule has 0 bridgehead atoms. The lowest BCUT2D eigenvalue weighted by molar-refractivity contribution is -0.0191. The number of benzene rings is 4. The molecule has 1 N–H and O–H groups in total. The third kappa shape index (κ3) is 6.48. The molecule has 0 radical (unpaired) electrons. The molecule has 0 saturated heterocycles. The zero-order valence-electron chi connectivity index (χ0n) is 20.0. The van der Waals surface area contributed by atoms with E-state index in [1.807, 2.05) is 0 Å². The first-order valence-corrected chi connectivity index (χ1v) is 12.4. The Balaban J connectivity index is 1.45. The second kappa shape index (κ2) is 11.7. The van der Waals surface area contributed by atoms with Crippen LogP contribution in [0.1, 0.15) is 22.3 Å². The van der Waals surface area contributed by atoms with Gasteiger partial charge in [0.05, 0.1) is 0 Å². The van der Waals surface area contributed by atoms with E-state index in [0.29, 0.717) is 0 Å². The Morgan fingerprint density at radius 1 is 0.600 bits per heavy atom. The topological polar surface area (TPSA) is 24.5 Å². The van der Waals surface area contributed by atoms with Gasteiger partial charge in [-0.25, -0.2) is 0 Å². The summed E-state index contributed by atoms with van der Waals surface area (Å²) in [6.45, 7) is 1.71. The summed E-state index contributed by atoms with van der Waals surface area (Å²) in [5.74, 6) is 0. The number of hydroxylamine groups is 1. The first kappa shape index (κ1) is 23.1. The SMILES string of the molecule is C1=C(Cc2ccccc2)NO[C@@H]1[C@H](Cc1ccccc1)N(Cc1ccccc1)Cc1ccccc1. The minimum atomic E-state index is -0.0543. The van der Waals surface area contributed by atoms with Crippen molar-refractivity contribution in [2.24, 2.45) is 0 Å². The van der Waals surface area contributed by atoms with E-state index < -0.39 is 0 Å². The normalized spacial score (nSPS) is 16.0. The third-order valence-electron chi connectivity index (χ3n) is 6.52. The van der Waals surface area contributed by atoms with E-state index in [4.69, 9.17) is 4.84 Å². The molecule has 176 valence electrons. The predicted octanol–water partition coefficient (Wildman–Crippen LogP) is 6.33. The fraction of sp³-hybridized carbons (Fsp3) is 0.188. The molecule has 0 aromatic heterocycles. The van der Waals surface area contributed by atoms with Crippen molar-refractivity contribution < 1.29 is 4.84 Å². The summed E-state index contributed by atoms with van der Waals surface area (Å²) >= 11 is 0. The van der Waals surface area contributed by atoms with Crippen molar-refractivity contribution in [3.8, 4) is 0 Å². The van der Waals surface area contributed by atoms with Crippen molar-refractivity contribution in [2.75, 3.05) is 0 Å². The van der Waals surface area contributed by atoms with Crippen LogP contribution in [0.2, 0.25) is 0 Å². The quantitative estimate of drug-likeness (QED) is 0.299. The number of nitrogens with one attached hydrogen (secondary N) is 1. The number of hydrogen-bond acceptors (Lipinski definition) is 3. The first-order valence-electron chi connectivity index (χ1n) is 12.4. The Morgan fingerprint density at radius 2 is 1.06 bits per heavy atom. The Bertz CT molecular complexity index is 1150. The van der Waals surface area contributed by atoms with Crippen LogP contribution in [-0.2, 0) is 30.8 Å². The highest BCUT2D eigenvalue weighted by Crippen LogP contribution is 2.25. The van der Waals surface area contributed by atoms with E-state index in [9.17, 15) is 0 Å². The second-order valence-electron chi connectivity index (χ2n) is 9.17. The van der Waals surface area contributed by atoms with Crippen LogP contribution in [0.5, 0.6) is 0 Å². The van der Waals surface area contributed by atoms with Crippen LogP contribution in [0.3, 0.4) is 0 Å². The summed E-state index contributed by atoms with van der Waals surface area (Å²) in [5, 5.41) is 0. The molecule has 0 saturated carbocycles. The Hall–Kier alpha value is -3.66. The van der Waals surface area contributed by atoms with Crippen LogP contribution < -0.4 is 5.48 Å². The van der Waals surface area contributed by atoms with Gasteiger partial charge < -0.3 is 0 Å². The van der Waals surface area contributed by atoms with E-state index in [1.54, 1.807) is 0 Å². The van der Waals surface area contributed by atoms with Gasteiger partial charge >= 0.3 is 0 Å². The largest absolute Gasteiger partial charge is 0.289 e. The van der Waals surface area contributed by atoms with Crippen LogP contribution >= 0.6 is 0 Å². The molecule has 3 nitrogen and oxygen atoms in total. The van der Waals surface area contributed by atoms with Crippen molar-refractivity contribution in [2.45, 2.75) is 38.1 Å². The highest BCUT2D eigenvalue weighted by Gasteiger charge is 2.31. The lowest BCUT2D eigenvalue weighted by Crippen LogP contribution is -2.44. The molecule has 2 atom stereocenters. The fourth-order valence-corrected chi connectivity index (χ4v) is 4.75. The first-order chi connectivity index (χ1) is 17.3. The van der Waals surface area contributed by atoms with Gasteiger partial charge in [0.1, 0.15) is 6.10 Å². The molecular weight excluding hydrogens is 428 g/mol. The van der Waals surface area contributed by atoms with Crippen molar-refractivity contribution in [1.29, 1.82) is 0 Å². The second-order valence-corrected chi connectivity index (χ2v) is 9.17. The molecule has 1 aliphatic heterocycles. The van der Waals surface area contributed by atoms with Gasteiger partial charge in [-0.05, 0) is 34.8 Å². The average molecular weight is 461 g/mol. The Morgan fingerprint density at radius 3 is 1.57 bits per heavy atom. The lowest BCUT2D eigenvalue weighted by atomic mass is 9.97. The molecule has 0 aliphatic carbocycles. The molecule has 3 heteroatoms. The average Bonchev–Trinajstić information content (AvgIpc) is 3.37. The van der Waals surface area contributed by atoms with Gasteiger partial charge in [0.25, 0.3) is 0 Å². The van der Waals surface area contributed by atoms with Crippen molar-refractivity contribution in [3.63, 3.8) is 0 Å². The summed E-state index contributed by atoms with van der Waals surface area (Å²) in [4.78, 5) is 8.81.